The molecule has 3 aliphatic heterocycles. The molecule has 0 saturated carbocycles. The Balaban J connectivity index is 1.42. The lowest BCUT2D eigenvalue weighted by Crippen LogP contribution is -2.78. The first kappa shape index (κ1) is 20.1. The maximum atomic E-state index is 12.7. The first-order valence-corrected chi connectivity index (χ1v) is 10.3. The molecule has 8 heteroatoms. The lowest BCUT2D eigenvalue weighted by Gasteiger charge is -2.61. The van der Waals surface area contributed by atoms with E-state index in [9.17, 15) is 19.8 Å². The van der Waals surface area contributed by atoms with Gasteiger partial charge >= 0.3 is 0 Å². The van der Waals surface area contributed by atoms with Crippen molar-refractivity contribution in [3.63, 3.8) is 0 Å². The Morgan fingerprint density at radius 3 is 2.69 bits per heavy atom. The fourth-order valence-corrected chi connectivity index (χ4v) is 5.17. The van der Waals surface area contributed by atoms with Gasteiger partial charge in [-0.3, -0.25) is 19.4 Å². The number of fused-ring (bicyclic) bond motifs is 2. The van der Waals surface area contributed by atoms with E-state index in [1.165, 1.54) is 6.92 Å². The highest BCUT2D eigenvalue weighted by atomic mass is 16.3. The van der Waals surface area contributed by atoms with E-state index in [2.05, 4.69) is 15.1 Å². The summed E-state index contributed by atoms with van der Waals surface area (Å²) in [6.07, 6.45) is 0.641. The van der Waals surface area contributed by atoms with E-state index in [4.69, 9.17) is 0 Å². The molecular weight excluding hydrogens is 372 g/mol. The largest absolute Gasteiger partial charge is 0.508 e. The normalized spacial score (nSPS) is 26.2. The number of β-amino-alcohol motifs (C(OH)–C–C–N with tert-alkyl or cyclic N) is 1. The number of nitrogens with one attached hydrogen (secondary N) is 1. The minimum Gasteiger partial charge on any atom is -0.508 e. The summed E-state index contributed by atoms with van der Waals surface area (Å²) >= 11 is 0. The number of nitrogens with zero attached hydrogens (tertiary/aromatic N) is 3. The number of aromatic hydroxyl groups is 1. The molecule has 8 nitrogen and oxygen atoms in total. The van der Waals surface area contributed by atoms with Gasteiger partial charge in [0.15, 0.2) is 0 Å². The van der Waals surface area contributed by atoms with Crippen LogP contribution in [-0.2, 0) is 16.1 Å². The number of aliphatic hydroxyl groups excluding tert-OH is 1. The Bertz CT molecular complexity index is 780. The second-order valence-electron chi connectivity index (χ2n) is 8.70. The third kappa shape index (κ3) is 4.10. The topological polar surface area (TPSA) is 96.3 Å². The van der Waals surface area contributed by atoms with Gasteiger partial charge in [0.25, 0.3) is 0 Å². The molecule has 3 saturated heterocycles. The molecule has 0 radical (unpaired) electrons. The molecule has 3 N–H and O–H groups in total. The summed E-state index contributed by atoms with van der Waals surface area (Å²) in [5, 5.41) is 23.0. The number of phenolic OH excluding ortho intramolecular Hbond substituents is 1. The molecule has 0 aromatic heterocycles. The summed E-state index contributed by atoms with van der Waals surface area (Å²) in [5.74, 6) is 0.233. The summed E-state index contributed by atoms with van der Waals surface area (Å²) in [5.41, 5.74) is 0.758. The van der Waals surface area contributed by atoms with Crippen LogP contribution in [0.1, 0.15) is 25.3 Å². The van der Waals surface area contributed by atoms with Crippen molar-refractivity contribution in [3.8, 4) is 5.75 Å². The molecule has 3 heterocycles. The van der Waals surface area contributed by atoms with Crippen molar-refractivity contribution >= 4 is 11.8 Å². The molecule has 1 aromatic carbocycles. The Hall–Kier alpha value is -2.16. The lowest BCUT2D eigenvalue weighted by atomic mass is 9.83. The number of benzene rings is 1. The van der Waals surface area contributed by atoms with Gasteiger partial charge in [0.1, 0.15) is 5.75 Å². The number of phenols is 1. The zero-order valence-corrected chi connectivity index (χ0v) is 16.9. The van der Waals surface area contributed by atoms with Gasteiger partial charge in [-0.15, -0.1) is 0 Å². The molecule has 3 aliphatic rings. The van der Waals surface area contributed by atoms with Crippen molar-refractivity contribution in [1.82, 2.24) is 20.0 Å². The van der Waals surface area contributed by atoms with Crippen LogP contribution in [0.15, 0.2) is 24.3 Å². The highest BCUT2D eigenvalue weighted by Gasteiger charge is 2.56. The molecule has 2 amide bonds. The molecule has 0 aliphatic carbocycles. The highest BCUT2D eigenvalue weighted by Crippen LogP contribution is 2.40. The fraction of sp³-hybridized carbons (Fsp3) is 0.619. The van der Waals surface area contributed by atoms with Crippen LogP contribution in [0.25, 0.3) is 0 Å². The number of carbonyl (C=O) groups is 2. The summed E-state index contributed by atoms with van der Waals surface area (Å²) in [4.78, 5) is 30.4. The van der Waals surface area contributed by atoms with Gasteiger partial charge in [0.05, 0.1) is 11.6 Å². The number of rotatable bonds is 5. The van der Waals surface area contributed by atoms with Crippen molar-refractivity contribution in [3.05, 3.63) is 29.8 Å². The molecular formula is C21H30N4O4. The zero-order chi connectivity index (χ0) is 20.6. The predicted octanol–water partition coefficient (Wildman–Crippen LogP) is -0.250. The summed E-state index contributed by atoms with van der Waals surface area (Å²) in [6, 6.07) is 7.55. The van der Waals surface area contributed by atoms with Gasteiger partial charge in [0.2, 0.25) is 11.8 Å². The van der Waals surface area contributed by atoms with E-state index < -0.39 is 0 Å². The summed E-state index contributed by atoms with van der Waals surface area (Å²) in [6.45, 7) is 6.03. The lowest BCUT2D eigenvalue weighted by molar-refractivity contribution is -0.151. The number of para-hydroxylation sites is 1. The Labute approximate surface area is 171 Å². The maximum Gasteiger partial charge on any atom is 0.224 e. The highest BCUT2D eigenvalue weighted by molar-refractivity contribution is 5.78. The molecule has 3 fully saturated rings. The van der Waals surface area contributed by atoms with Crippen LogP contribution in [-0.4, -0.2) is 93.7 Å². The van der Waals surface area contributed by atoms with Crippen LogP contribution in [0.2, 0.25) is 0 Å². The van der Waals surface area contributed by atoms with Gasteiger partial charge in [-0.05, 0) is 12.5 Å². The molecule has 1 aromatic rings. The number of carbonyl (C=O) groups excluding carboxylic acids is 2. The van der Waals surface area contributed by atoms with Gasteiger partial charge in [0, 0.05) is 70.8 Å². The van der Waals surface area contributed by atoms with Gasteiger partial charge in [-0.2, -0.15) is 0 Å². The molecule has 158 valence electrons. The Morgan fingerprint density at radius 1 is 1.21 bits per heavy atom. The number of hydrogen-bond acceptors (Lipinski definition) is 6. The second kappa shape index (κ2) is 7.93. The van der Waals surface area contributed by atoms with Gasteiger partial charge in [-0.1, -0.05) is 18.2 Å². The number of piperazine rings is 1. The number of aliphatic hydroxyl groups is 1. The van der Waals surface area contributed by atoms with Crippen LogP contribution in [0.4, 0.5) is 0 Å². The van der Waals surface area contributed by atoms with E-state index in [0.717, 1.165) is 18.7 Å². The summed E-state index contributed by atoms with van der Waals surface area (Å²) in [7, 11) is 0. The molecule has 2 atom stereocenters. The van der Waals surface area contributed by atoms with Crippen LogP contribution < -0.4 is 5.32 Å². The number of likely N-dealkylation sites (tertiary alicyclic amines) is 1. The third-order valence-corrected chi connectivity index (χ3v) is 6.40. The Kier molecular flexibility index (Phi) is 5.50. The minimum absolute atomic E-state index is 0.0540. The minimum atomic E-state index is -0.349. The standard InChI is InChI=1S/C21H30N4O4/c1-15(26)22-7-6-20(29)24-10-17-8-18(27)11-25(17)21(14-24)12-23(13-21)9-16-4-2-3-5-19(16)28/h2-5,17-18,27-28H,6-14H2,1H3,(H,22,26). The fourth-order valence-electron chi connectivity index (χ4n) is 5.17. The van der Waals surface area contributed by atoms with E-state index in [-0.39, 0.29) is 29.5 Å². The van der Waals surface area contributed by atoms with Gasteiger partial charge in [-0.25, -0.2) is 0 Å². The van der Waals surface area contributed by atoms with Crippen molar-refractivity contribution in [2.45, 2.75) is 44.0 Å². The van der Waals surface area contributed by atoms with Gasteiger partial charge < -0.3 is 20.4 Å². The molecule has 2 unspecified atom stereocenters. The van der Waals surface area contributed by atoms with Crippen LogP contribution in [0.3, 0.4) is 0 Å². The maximum absolute atomic E-state index is 12.7. The van der Waals surface area contributed by atoms with Crippen LogP contribution in [0, 0.1) is 0 Å². The Morgan fingerprint density at radius 2 is 1.97 bits per heavy atom. The second-order valence-corrected chi connectivity index (χ2v) is 8.70. The van der Waals surface area contributed by atoms with Crippen LogP contribution >= 0.6 is 0 Å². The van der Waals surface area contributed by atoms with E-state index in [1.807, 2.05) is 23.1 Å². The molecule has 29 heavy (non-hydrogen) atoms. The number of amides is 2. The van der Waals surface area contributed by atoms with Crippen molar-refractivity contribution in [2.75, 3.05) is 39.3 Å². The average molecular weight is 402 g/mol. The average Bonchev–Trinajstić information content (AvgIpc) is 3.02. The monoisotopic (exact) mass is 402 g/mol. The predicted molar refractivity (Wildman–Crippen MR) is 107 cm³/mol. The quantitative estimate of drug-likeness (QED) is 0.629. The first-order chi connectivity index (χ1) is 13.9. The van der Waals surface area contributed by atoms with Crippen molar-refractivity contribution in [2.24, 2.45) is 0 Å². The third-order valence-electron chi connectivity index (χ3n) is 6.40. The number of hydrogen-bond donors (Lipinski definition) is 3. The zero-order valence-electron chi connectivity index (χ0n) is 16.9. The van der Waals surface area contributed by atoms with E-state index in [0.29, 0.717) is 51.3 Å². The molecule has 1 spiro atoms. The smallest absolute Gasteiger partial charge is 0.224 e. The molecule has 4 rings (SSSR count). The van der Waals surface area contributed by atoms with Crippen molar-refractivity contribution in [1.29, 1.82) is 0 Å². The SMILES string of the molecule is CC(=O)NCCC(=O)N1CC2CC(O)CN2C2(CN(Cc3ccccc3O)C2)C1. The van der Waals surface area contributed by atoms with Crippen LogP contribution in [0.5, 0.6) is 5.75 Å². The van der Waals surface area contributed by atoms with E-state index >= 15 is 0 Å². The van der Waals surface area contributed by atoms with Crippen molar-refractivity contribution < 1.29 is 19.8 Å². The molecule has 0 bridgehead atoms. The summed E-state index contributed by atoms with van der Waals surface area (Å²) < 4.78 is 0. The first-order valence-electron chi connectivity index (χ1n) is 10.3. The van der Waals surface area contributed by atoms with E-state index in [1.54, 1.807) is 6.07 Å².